The third-order valence-corrected chi connectivity index (χ3v) is 38.3. The molecule has 5 nitrogen and oxygen atoms in total. The molecule has 0 radical (unpaired) electrons. The van der Waals surface area contributed by atoms with E-state index in [-0.39, 0.29) is 11.9 Å². The van der Waals surface area contributed by atoms with Crippen molar-refractivity contribution in [3.05, 3.63) is 0 Å². The van der Waals surface area contributed by atoms with Crippen molar-refractivity contribution < 1.29 is 18.8 Å². The first-order valence-corrected chi connectivity index (χ1v) is 25.6. The van der Waals surface area contributed by atoms with E-state index in [9.17, 15) is 9.59 Å². The van der Waals surface area contributed by atoms with E-state index in [2.05, 4.69) is 0 Å². The van der Waals surface area contributed by atoms with Crippen LogP contribution in [0.1, 0.15) is 20.3 Å². The zero-order valence-corrected chi connectivity index (χ0v) is 14.9. The summed E-state index contributed by atoms with van der Waals surface area (Å²) < 4.78 is 16.9. The van der Waals surface area contributed by atoms with Crippen LogP contribution in [0, 0.1) is 0 Å². The molecule has 1 aliphatic heterocycles. The van der Waals surface area contributed by atoms with Gasteiger partial charge in [-0.15, -0.1) is 0 Å². The Balaban J connectivity index is 2.49. The fourth-order valence-corrected chi connectivity index (χ4v) is 37.7. The quantitative estimate of drug-likeness (QED) is 0.572. The van der Waals surface area contributed by atoms with E-state index in [1.165, 1.54) is 13.8 Å². The molecule has 1 saturated heterocycles. The summed E-state index contributed by atoms with van der Waals surface area (Å²) in [5.41, 5.74) is 0. The Morgan fingerprint density at radius 3 is 2.43 bits per heavy atom. The van der Waals surface area contributed by atoms with Crippen LogP contribution < -0.4 is 0 Å². The second-order valence-corrected chi connectivity index (χ2v) is 36.9. The van der Waals surface area contributed by atoms with Gasteiger partial charge in [-0.1, -0.05) is 0 Å². The fraction of sp³-hybridized carbons (Fsp3) is 0.714. The van der Waals surface area contributed by atoms with Crippen LogP contribution in [0.15, 0.2) is 0 Å². The van der Waals surface area contributed by atoms with Gasteiger partial charge < -0.3 is 0 Å². The maximum absolute atomic E-state index is 10.8. The average molecular weight is 416 g/mol. The second kappa shape index (κ2) is 6.16. The zero-order chi connectivity index (χ0) is 10.6. The van der Waals surface area contributed by atoms with Crippen LogP contribution in [0.3, 0.4) is 0 Å². The van der Waals surface area contributed by atoms with Gasteiger partial charge in [0.25, 0.3) is 0 Å². The molecular weight excluding hydrogens is 401 g/mol. The monoisotopic (exact) mass is 418 g/mol. The van der Waals surface area contributed by atoms with Crippen molar-refractivity contribution in [3.63, 3.8) is 0 Å². The first-order valence-electron chi connectivity index (χ1n) is 4.55. The number of carbonyl (C=O) groups excluding carboxylic acids is 2. The molecule has 0 aromatic heterocycles. The molecular formula is C7H14O5Sn2. The minimum absolute atomic E-state index is 0.245. The van der Waals surface area contributed by atoms with Gasteiger partial charge in [-0.3, -0.25) is 0 Å². The van der Waals surface area contributed by atoms with Crippen LogP contribution in [0.25, 0.3) is 0 Å². The van der Waals surface area contributed by atoms with Gasteiger partial charge >= 0.3 is 94.9 Å². The topological polar surface area (TPSA) is 61.8 Å². The van der Waals surface area contributed by atoms with Crippen molar-refractivity contribution in [2.45, 2.75) is 24.7 Å². The summed E-state index contributed by atoms with van der Waals surface area (Å²) in [6.07, 6.45) is 0.947. The summed E-state index contributed by atoms with van der Waals surface area (Å²) >= 11 is -5.03. The third-order valence-electron chi connectivity index (χ3n) is 1.82. The minimum atomic E-state index is -2.66. The van der Waals surface area contributed by atoms with E-state index in [1.807, 2.05) is 0 Å². The summed E-state index contributed by atoms with van der Waals surface area (Å²) in [6, 6.07) is 0. The number of rotatable bonds is 2. The van der Waals surface area contributed by atoms with Gasteiger partial charge in [0.15, 0.2) is 0 Å². The van der Waals surface area contributed by atoms with Gasteiger partial charge in [-0.05, 0) is 0 Å². The summed E-state index contributed by atoms with van der Waals surface area (Å²) in [5, 5.41) is 0. The van der Waals surface area contributed by atoms with Crippen molar-refractivity contribution in [2.75, 3.05) is 6.61 Å². The Morgan fingerprint density at radius 1 is 1.21 bits per heavy atom. The predicted molar refractivity (Wildman–Crippen MR) is 53.2 cm³/mol. The molecule has 1 rings (SSSR count). The average Bonchev–Trinajstić information content (AvgIpc) is 2.06. The van der Waals surface area contributed by atoms with Crippen molar-refractivity contribution in [1.29, 1.82) is 0 Å². The molecule has 14 heavy (non-hydrogen) atoms. The molecule has 0 aliphatic carbocycles. The van der Waals surface area contributed by atoms with Crippen LogP contribution in [0.4, 0.5) is 0 Å². The first kappa shape index (κ1) is 12.6. The van der Waals surface area contributed by atoms with Crippen molar-refractivity contribution in [1.82, 2.24) is 0 Å². The molecule has 2 unspecified atom stereocenters. The zero-order valence-electron chi connectivity index (χ0n) is 8.32. The van der Waals surface area contributed by atoms with Crippen LogP contribution in [0.5, 0.6) is 0 Å². The molecule has 0 saturated carbocycles. The number of hydrogen-bond acceptors (Lipinski definition) is 5. The molecule has 1 fully saturated rings. The van der Waals surface area contributed by atoms with Gasteiger partial charge in [-0.25, -0.2) is 0 Å². The fourth-order valence-electron chi connectivity index (χ4n) is 1.33. The molecule has 0 spiro atoms. The second-order valence-electron chi connectivity index (χ2n) is 3.14. The first-order chi connectivity index (χ1) is 6.59. The molecule has 1 heterocycles. The van der Waals surface area contributed by atoms with Gasteiger partial charge in [0.1, 0.15) is 0 Å². The van der Waals surface area contributed by atoms with E-state index in [4.69, 9.17) is 9.22 Å². The van der Waals surface area contributed by atoms with E-state index in [1.54, 1.807) is 0 Å². The molecule has 0 aromatic carbocycles. The van der Waals surface area contributed by atoms with Crippen LogP contribution in [-0.4, -0.2) is 51.4 Å². The Hall–Kier alpha value is 0.497. The Labute approximate surface area is 94.3 Å². The summed E-state index contributed by atoms with van der Waals surface area (Å²) in [5.74, 6) is -0.535. The predicted octanol–water partition coefficient (Wildman–Crippen LogP) is -0.444. The van der Waals surface area contributed by atoms with E-state index >= 15 is 0 Å². The van der Waals surface area contributed by atoms with Crippen molar-refractivity contribution >= 4 is 44.8 Å². The molecule has 2 atom stereocenters. The molecule has 0 aromatic rings. The summed E-state index contributed by atoms with van der Waals surface area (Å²) in [7, 11) is 0. The molecule has 0 N–H and O–H groups in total. The molecule has 7 heteroatoms. The van der Waals surface area contributed by atoms with Gasteiger partial charge in [0, 0.05) is 0 Å². The number of carbonyl (C=O) groups is 2. The molecule has 0 bridgehead atoms. The molecule has 1 aliphatic rings. The van der Waals surface area contributed by atoms with Gasteiger partial charge in [0.05, 0.1) is 0 Å². The molecule has 80 valence electrons. The maximum atomic E-state index is 10.8. The van der Waals surface area contributed by atoms with E-state index < -0.39 is 32.9 Å². The van der Waals surface area contributed by atoms with Crippen molar-refractivity contribution in [3.8, 4) is 0 Å². The summed E-state index contributed by atoms with van der Waals surface area (Å²) in [6.45, 7) is 3.45. The Morgan fingerprint density at radius 2 is 1.86 bits per heavy atom. The van der Waals surface area contributed by atoms with Crippen LogP contribution in [0.2, 0.25) is 4.44 Å². The Bertz CT molecular complexity index is 208. The van der Waals surface area contributed by atoms with Crippen molar-refractivity contribution in [2.24, 2.45) is 0 Å². The normalized spacial score (nSPS) is 26.7. The van der Waals surface area contributed by atoms with Gasteiger partial charge in [0.2, 0.25) is 0 Å². The van der Waals surface area contributed by atoms with Gasteiger partial charge in [-0.2, -0.15) is 0 Å². The molecule has 0 amide bonds. The summed E-state index contributed by atoms with van der Waals surface area (Å²) in [4.78, 5) is 21.6. The third kappa shape index (κ3) is 4.35. The standard InChI is InChI=1S/C3H6O.2C2H4O2.2Sn.2H/c1-2-3-4;2*1-2(3)4;;;;/h1-3H2;2*1H3,(H,3,4);;;;/q-1;;;+1;+2;;/p-2. The Kier molecular flexibility index (Phi) is 5.53. The van der Waals surface area contributed by atoms with Crippen LogP contribution >= 0.6 is 0 Å². The van der Waals surface area contributed by atoms with E-state index in [0.717, 1.165) is 10.9 Å². The van der Waals surface area contributed by atoms with E-state index in [0.29, 0.717) is 6.61 Å². The van der Waals surface area contributed by atoms with Crippen LogP contribution in [-0.2, 0) is 18.8 Å². The SMILES string of the molecule is CC(=O)[O][SnH]1[CH2]CC[O][SnH]1[O]C(C)=O. The number of hydrogen-bond donors (Lipinski definition) is 0.